The first-order chi connectivity index (χ1) is 19.0. The summed E-state index contributed by atoms with van der Waals surface area (Å²) in [4.78, 5) is 25.4. The SMILES string of the molecule is N=C(N)c1cccc(C[C@](N)(C(=O)N2CC3CCCCC3CC2C(=O)O)S(=O)(=O)c2ccc3ccccc3c2)c1. The molecule has 1 saturated heterocycles. The molecular formula is C30H34N4O5S. The molecule has 3 aromatic rings. The van der Waals surface area contributed by atoms with Crippen molar-refractivity contribution in [3.8, 4) is 0 Å². The van der Waals surface area contributed by atoms with E-state index in [0.717, 1.165) is 31.1 Å². The maximum atomic E-state index is 14.4. The quantitative estimate of drug-likeness (QED) is 0.253. The fraction of sp³-hybridized carbons (Fsp3) is 0.367. The molecule has 3 unspecified atom stereocenters. The molecule has 3 aromatic carbocycles. The summed E-state index contributed by atoms with van der Waals surface area (Å²) in [6.07, 6.45) is 3.62. The van der Waals surface area contributed by atoms with Crippen molar-refractivity contribution >= 4 is 38.3 Å². The van der Waals surface area contributed by atoms with Gasteiger partial charge in [-0.1, -0.05) is 67.8 Å². The van der Waals surface area contributed by atoms with E-state index in [4.69, 9.17) is 16.9 Å². The Hall–Kier alpha value is -3.76. The van der Waals surface area contributed by atoms with Crippen LogP contribution in [0.5, 0.6) is 0 Å². The minimum absolute atomic E-state index is 0.0990. The number of benzene rings is 3. The smallest absolute Gasteiger partial charge is 0.326 e. The lowest BCUT2D eigenvalue weighted by molar-refractivity contribution is -0.156. The minimum atomic E-state index is -4.54. The van der Waals surface area contributed by atoms with E-state index < -0.39 is 39.0 Å². The molecule has 2 fully saturated rings. The predicted molar refractivity (Wildman–Crippen MR) is 152 cm³/mol. The van der Waals surface area contributed by atoms with Gasteiger partial charge in [0.1, 0.15) is 11.9 Å². The number of carbonyl (C=O) groups excluding carboxylic acids is 1. The van der Waals surface area contributed by atoms with Crippen molar-refractivity contribution in [1.82, 2.24) is 4.90 Å². The molecular weight excluding hydrogens is 528 g/mol. The number of carbonyl (C=O) groups is 2. The lowest BCUT2D eigenvalue weighted by atomic mass is 9.72. The van der Waals surface area contributed by atoms with Gasteiger partial charge in [0.2, 0.25) is 14.7 Å². The Kier molecular flexibility index (Phi) is 7.41. The van der Waals surface area contributed by atoms with Crippen LogP contribution in [-0.4, -0.2) is 53.6 Å². The molecule has 1 heterocycles. The number of hydrogen-bond acceptors (Lipinski definition) is 6. The van der Waals surface area contributed by atoms with Crippen LogP contribution in [0, 0.1) is 17.2 Å². The third kappa shape index (κ3) is 4.97. The van der Waals surface area contributed by atoms with Gasteiger partial charge in [0.05, 0.1) is 4.90 Å². The highest BCUT2D eigenvalue weighted by Crippen LogP contribution is 2.40. The number of sulfone groups is 1. The molecule has 9 nitrogen and oxygen atoms in total. The lowest BCUT2D eigenvalue weighted by Gasteiger charge is -2.46. The molecule has 0 spiro atoms. The second kappa shape index (κ2) is 10.7. The molecule has 1 aliphatic heterocycles. The summed E-state index contributed by atoms with van der Waals surface area (Å²) in [5.74, 6) is -2.03. The fourth-order valence-corrected chi connectivity index (χ4v) is 7.97. The van der Waals surface area contributed by atoms with Crippen molar-refractivity contribution in [2.45, 2.75) is 54.3 Å². The van der Waals surface area contributed by atoms with Crippen molar-refractivity contribution in [2.75, 3.05) is 6.54 Å². The number of fused-ring (bicyclic) bond motifs is 2. The Bertz CT molecular complexity index is 1590. The van der Waals surface area contributed by atoms with E-state index in [9.17, 15) is 23.1 Å². The number of nitrogens with one attached hydrogen (secondary N) is 1. The number of nitrogens with zero attached hydrogens (tertiary/aromatic N) is 1. The molecule has 1 saturated carbocycles. The number of carboxylic acids is 1. The van der Waals surface area contributed by atoms with Gasteiger partial charge in [-0.25, -0.2) is 13.2 Å². The van der Waals surface area contributed by atoms with Gasteiger partial charge in [-0.15, -0.1) is 0 Å². The highest BCUT2D eigenvalue weighted by atomic mass is 32.2. The monoisotopic (exact) mass is 562 g/mol. The summed E-state index contributed by atoms with van der Waals surface area (Å²) in [6.45, 7) is 0.153. The van der Waals surface area contributed by atoms with Crippen LogP contribution < -0.4 is 11.5 Å². The second-order valence-corrected chi connectivity index (χ2v) is 13.3. The summed E-state index contributed by atoms with van der Waals surface area (Å²) in [7, 11) is -4.54. The third-order valence-corrected chi connectivity index (χ3v) is 10.7. The van der Waals surface area contributed by atoms with Crippen molar-refractivity contribution in [3.63, 3.8) is 0 Å². The first-order valence-electron chi connectivity index (χ1n) is 13.5. The van der Waals surface area contributed by atoms with Crippen LogP contribution in [0.1, 0.15) is 43.2 Å². The van der Waals surface area contributed by atoms with Crippen LogP contribution in [0.4, 0.5) is 0 Å². The lowest BCUT2D eigenvalue weighted by Crippen LogP contribution is -2.66. The van der Waals surface area contributed by atoms with Gasteiger partial charge < -0.3 is 21.5 Å². The third-order valence-electron chi connectivity index (χ3n) is 8.52. The molecule has 6 N–H and O–H groups in total. The van der Waals surface area contributed by atoms with Crippen LogP contribution in [0.25, 0.3) is 10.8 Å². The van der Waals surface area contributed by atoms with Gasteiger partial charge in [-0.05, 0) is 59.2 Å². The standard InChI is InChI=1S/C30H34N4O5S/c31-27(32)23-11-5-6-19(14-23)17-30(33,40(38,39)25-13-12-20-7-1-2-8-21(20)15-25)29(37)34-18-24-10-4-3-9-22(24)16-26(34)28(35)36/h1-2,5-8,11-15,22,24,26H,3-4,9-10,16-18,33H2,(H3,31,32)(H,35,36)/t22?,24?,26?,30-/m1/s1. The Morgan fingerprint density at radius 3 is 2.38 bits per heavy atom. The molecule has 0 aromatic heterocycles. The van der Waals surface area contributed by atoms with Gasteiger partial charge in [0.25, 0.3) is 5.91 Å². The van der Waals surface area contributed by atoms with Gasteiger partial charge in [-0.2, -0.15) is 0 Å². The van der Waals surface area contributed by atoms with E-state index in [1.54, 1.807) is 36.4 Å². The van der Waals surface area contributed by atoms with Gasteiger partial charge >= 0.3 is 5.97 Å². The van der Waals surface area contributed by atoms with Crippen molar-refractivity contribution in [2.24, 2.45) is 23.3 Å². The van der Waals surface area contributed by atoms with E-state index in [1.807, 2.05) is 12.1 Å². The maximum absolute atomic E-state index is 14.4. The van der Waals surface area contributed by atoms with E-state index in [-0.39, 0.29) is 35.5 Å². The van der Waals surface area contributed by atoms with E-state index in [1.165, 1.54) is 23.1 Å². The number of piperidine rings is 1. The zero-order valence-electron chi connectivity index (χ0n) is 22.1. The van der Waals surface area contributed by atoms with Crippen LogP contribution in [0.15, 0.2) is 71.6 Å². The number of amidine groups is 1. The highest BCUT2D eigenvalue weighted by molar-refractivity contribution is 7.93. The summed E-state index contributed by atoms with van der Waals surface area (Å²) < 4.78 is 28.8. The first-order valence-corrected chi connectivity index (χ1v) is 15.0. The number of aliphatic carboxylic acids is 1. The summed E-state index contributed by atoms with van der Waals surface area (Å²) >= 11 is 0. The molecule has 1 aliphatic carbocycles. The van der Waals surface area contributed by atoms with Crippen LogP contribution >= 0.6 is 0 Å². The molecule has 40 heavy (non-hydrogen) atoms. The molecule has 0 bridgehead atoms. The first kappa shape index (κ1) is 27.8. The molecule has 5 rings (SSSR count). The molecule has 4 atom stereocenters. The highest BCUT2D eigenvalue weighted by Gasteiger charge is 2.54. The Labute approximate surface area is 233 Å². The second-order valence-electron chi connectivity index (χ2n) is 11.0. The van der Waals surface area contributed by atoms with Crippen LogP contribution in [-0.2, 0) is 25.8 Å². The maximum Gasteiger partial charge on any atom is 0.326 e. The summed E-state index contributed by atoms with van der Waals surface area (Å²) in [5, 5.41) is 19.4. The Morgan fingerprint density at radius 2 is 1.68 bits per heavy atom. The predicted octanol–water partition coefficient (Wildman–Crippen LogP) is 3.29. The Morgan fingerprint density at radius 1 is 0.975 bits per heavy atom. The Balaban J connectivity index is 1.62. The number of rotatable bonds is 7. The average Bonchev–Trinajstić information content (AvgIpc) is 2.95. The van der Waals surface area contributed by atoms with E-state index in [0.29, 0.717) is 16.5 Å². The zero-order valence-corrected chi connectivity index (χ0v) is 22.9. The van der Waals surface area contributed by atoms with Crippen molar-refractivity contribution in [1.29, 1.82) is 5.41 Å². The normalized spacial score (nSPS) is 22.7. The molecule has 210 valence electrons. The molecule has 10 heteroatoms. The number of carboxylic acid groups (broad SMARTS) is 1. The van der Waals surface area contributed by atoms with E-state index in [2.05, 4.69) is 0 Å². The summed E-state index contributed by atoms with van der Waals surface area (Å²) in [6, 6.07) is 17.1. The van der Waals surface area contributed by atoms with Gasteiger partial charge in [-0.3, -0.25) is 10.2 Å². The summed E-state index contributed by atoms with van der Waals surface area (Å²) in [5.41, 5.74) is 13.2. The average molecular weight is 563 g/mol. The minimum Gasteiger partial charge on any atom is -0.480 e. The fourth-order valence-electron chi connectivity index (χ4n) is 6.31. The number of likely N-dealkylation sites (tertiary alicyclic amines) is 1. The number of amides is 1. The zero-order chi connectivity index (χ0) is 28.7. The number of nitrogen functional groups attached to an aromatic ring is 1. The van der Waals surface area contributed by atoms with Gasteiger partial charge in [0, 0.05) is 18.5 Å². The molecule has 2 aliphatic rings. The number of nitrogens with two attached hydrogens (primary N) is 2. The van der Waals surface area contributed by atoms with Crippen molar-refractivity contribution in [3.05, 3.63) is 77.9 Å². The molecule has 0 radical (unpaired) electrons. The van der Waals surface area contributed by atoms with Crippen LogP contribution in [0.3, 0.4) is 0 Å². The van der Waals surface area contributed by atoms with Gasteiger partial charge in [0.15, 0.2) is 0 Å². The van der Waals surface area contributed by atoms with Crippen LogP contribution in [0.2, 0.25) is 0 Å². The van der Waals surface area contributed by atoms with E-state index >= 15 is 0 Å². The topological polar surface area (TPSA) is 168 Å². The number of hydrogen-bond donors (Lipinski definition) is 4. The molecule has 1 amide bonds. The largest absolute Gasteiger partial charge is 0.480 e. The van der Waals surface area contributed by atoms with Crippen molar-refractivity contribution < 1.29 is 23.1 Å².